The molecule has 0 atom stereocenters. The molecule has 15 heavy (non-hydrogen) atoms. The van der Waals surface area contributed by atoms with Crippen molar-refractivity contribution in [2.75, 3.05) is 0 Å². The highest BCUT2D eigenvalue weighted by Gasteiger charge is 2.02. The molecule has 0 aliphatic carbocycles. The molecule has 2 rings (SSSR count). The van der Waals surface area contributed by atoms with Gasteiger partial charge < -0.3 is 4.74 Å². The Morgan fingerprint density at radius 3 is 2.60 bits per heavy atom. The van der Waals surface area contributed by atoms with Gasteiger partial charge in [0.15, 0.2) is 0 Å². The first-order valence-electron chi connectivity index (χ1n) is 5.10. The number of ether oxygens (including phenoxy) is 1. The Bertz CT molecular complexity index is 448. The highest BCUT2D eigenvalue weighted by Crippen LogP contribution is 2.24. The van der Waals surface area contributed by atoms with Crippen LogP contribution in [0, 0.1) is 0 Å². The molecule has 1 heterocycles. The lowest BCUT2D eigenvalue weighted by Gasteiger charge is -2.06. The lowest BCUT2D eigenvalue weighted by molar-refractivity contribution is 0.473. The van der Waals surface area contributed by atoms with Crippen LogP contribution in [-0.2, 0) is 0 Å². The Morgan fingerprint density at radius 2 is 2.07 bits per heavy atom. The fourth-order valence-corrected chi connectivity index (χ4v) is 1.59. The smallest absolute Gasteiger partial charge is 0.299 e. The van der Waals surface area contributed by atoms with Gasteiger partial charge in [-0.05, 0) is 23.6 Å². The summed E-state index contributed by atoms with van der Waals surface area (Å²) < 4.78 is 13.3. The Morgan fingerprint density at radius 1 is 1.33 bits per heavy atom. The van der Waals surface area contributed by atoms with E-state index in [9.17, 15) is 0 Å². The molecule has 1 aromatic heterocycles. The molecule has 78 valence electrons. The predicted octanol–water partition coefficient (Wildman–Crippen LogP) is 3.45. The van der Waals surface area contributed by atoms with Crippen molar-refractivity contribution in [2.45, 2.75) is 19.7 Å². The first-order chi connectivity index (χ1) is 7.55. The molecule has 3 nitrogen and oxygen atoms in total. The molecule has 0 saturated carbocycles. The van der Waals surface area contributed by atoms with Crippen LogP contribution in [-0.4, -0.2) is 10.2 Å². The molecule has 2 aromatic rings. The van der Waals surface area contributed by atoms with Crippen molar-refractivity contribution in [3.8, 4) is 10.9 Å². The van der Waals surface area contributed by atoms with Crippen molar-refractivity contribution in [2.24, 2.45) is 0 Å². The highest BCUT2D eigenvalue weighted by molar-refractivity contribution is 7.11. The van der Waals surface area contributed by atoms with Gasteiger partial charge in [-0.3, -0.25) is 0 Å². The van der Waals surface area contributed by atoms with Crippen LogP contribution in [0.1, 0.15) is 26.7 Å². The van der Waals surface area contributed by atoms with E-state index in [-0.39, 0.29) is 0 Å². The minimum atomic E-state index is -0.582. The first kappa shape index (κ1) is 8.85. The molecular weight excluding hydrogens is 208 g/mol. The summed E-state index contributed by atoms with van der Waals surface area (Å²) >= 11 is 1.35. The largest absolute Gasteiger partial charge is 0.430 e. The zero-order valence-corrected chi connectivity index (χ0v) is 9.41. The molecule has 0 amide bonds. The summed E-state index contributed by atoms with van der Waals surface area (Å²) in [5.41, 5.74) is 2.58. The maximum Gasteiger partial charge on any atom is 0.299 e. The third kappa shape index (κ3) is 2.53. The van der Waals surface area contributed by atoms with Crippen molar-refractivity contribution in [3.63, 3.8) is 0 Å². The second-order valence-electron chi connectivity index (χ2n) is 3.33. The van der Waals surface area contributed by atoms with Crippen LogP contribution in [0.2, 0.25) is 0 Å². The summed E-state index contributed by atoms with van der Waals surface area (Å²) in [6, 6.07) is 7.47. The van der Waals surface area contributed by atoms with E-state index in [2.05, 4.69) is 10.2 Å². The average molecular weight is 221 g/mol. The second kappa shape index (κ2) is 4.40. The Labute approximate surface area is 94.1 Å². The van der Waals surface area contributed by atoms with Gasteiger partial charge in [0, 0.05) is 1.37 Å². The van der Waals surface area contributed by atoms with Gasteiger partial charge in [0.2, 0.25) is 0 Å². The van der Waals surface area contributed by atoms with Gasteiger partial charge >= 0.3 is 0 Å². The number of rotatable bonds is 3. The van der Waals surface area contributed by atoms with Gasteiger partial charge in [-0.2, -0.15) is 0 Å². The average Bonchev–Trinajstić information content (AvgIpc) is 2.70. The van der Waals surface area contributed by atoms with Gasteiger partial charge in [0.05, 0.1) is 0 Å². The third-order valence-electron chi connectivity index (χ3n) is 1.98. The van der Waals surface area contributed by atoms with Gasteiger partial charge in [0.1, 0.15) is 11.3 Å². The summed E-state index contributed by atoms with van der Waals surface area (Å²) in [5.74, 6) is 0.131. The quantitative estimate of drug-likeness (QED) is 0.796. The van der Waals surface area contributed by atoms with Crippen LogP contribution >= 0.6 is 11.3 Å². The van der Waals surface area contributed by atoms with E-state index in [1.165, 1.54) is 11.3 Å². The van der Waals surface area contributed by atoms with Crippen LogP contribution in [0.5, 0.6) is 10.9 Å². The minimum Gasteiger partial charge on any atom is -0.430 e. The molecular formula is C11H12N2OS. The Hall–Kier alpha value is -1.42. The van der Waals surface area contributed by atoms with Crippen LogP contribution in [0.25, 0.3) is 0 Å². The third-order valence-corrected chi connectivity index (χ3v) is 2.54. The molecule has 1 aromatic carbocycles. The highest BCUT2D eigenvalue weighted by atomic mass is 32.1. The second-order valence-corrected chi connectivity index (χ2v) is 4.13. The number of hydrogen-bond acceptors (Lipinski definition) is 4. The summed E-state index contributed by atoms with van der Waals surface area (Å²) in [5, 5.41) is 8.01. The van der Waals surface area contributed by atoms with E-state index in [1.54, 1.807) is 5.51 Å². The first-order valence-corrected chi connectivity index (χ1v) is 5.48. The zero-order chi connectivity index (χ0) is 11.6. The maximum absolute atomic E-state index is 7.88. The van der Waals surface area contributed by atoms with Crippen LogP contribution in [0.4, 0.5) is 0 Å². The van der Waals surface area contributed by atoms with Crippen LogP contribution < -0.4 is 4.74 Å². The van der Waals surface area contributed by atoms with Gasteiger partial charge in [-0.1, -0.05) is 42.4 Å². The maximum atomic E-state index is 7.88. The van der Waals surface area contributed by atoms with Crippen LogP contribution in [0.15, 0.2) is 29.8 Å². The summed E-state index contributed by atoms with van der Waals surface area (Å²) in [6.07, 6.45) is 0. The van der Waals surface area contributed by atoms with Crippen LogP contribution in [0.3, 0.4) is 0 Å². The van der Waals surface area contributed by atoms with E-state index in [1.807, 2.05) is 38.1 Å². The topological polar surface area (TPSA) is 35.0 Å². The Kier molecular flexibility index (Phi) is 2.60. The summed E-state index contributed by atoms with van der Waals surface area (Å²) in [4.78, 5) is 0. The van der Waals surface area contributed by atoms with Gasteiger partial charge in [0.25, 0.3) is 5.19 Å². The summed E-state index contributed by atoms with van der Waals surface area (Å²) in [7, 11) is 0. The molecule has 0 spiro atoms. The molecule has 0 fully saturated rings. The van der Waals surface area contributed by atoms with Crippen molar-refractivity contribution in [1.82, 2.24) is 10.2 Å². The normalized spacial score (nSPS) is 12.3. The molecule has 4 heteroatoms. The van der Waals surface area contributed by atoms with E-state index in [0.29, 0.717) is 10.9 Å². The molecule has 0 saturated heterocycles. The van der Waals surface area contributed by atoms with Crippen molar-refractivity contribution in [1.29, 1.82) is 0 Å². The number of nitrogens with zero attached hydrogens (tertiary/aromatic N) is 2. The van der Waals surface area contributed by atoms with E-state index < -0.39 is 5.89 Å². The lowest BCUT2D eigenvalue weighted by Crippen LogP contribution is -1.88. The van der Waals surface area contributed by atoms with Gasteiger partial charge in [-0.25, -0.2) is 0 Å². The van der Waals surface area contributed by atoms with E-state index >= 15 is 0 Å². The standard InChI is InChI=1S/C11H12N2OS/c1-8(2)9-3-5-10(6-4-9)14-11-13-12-7-15-11/h3-8H,1-2H3/i8D. The molecule has 0 aliphatic heterocycles. The number of benzene rings is 1. The predicted molar refractivity (Wildman–Crippen MR) is 60.5 cm³/mol. The SMILES string of the molecule is [2H]C(C)(C)c1ccc(Oc2nncs2)cc1. The fourth-order valence-electron chi connectivity index (χ4n) is 1.16. The molecule has 0 bridgehead atoms. The molecule has 0 aliphatic rings. The molecule has 0 N–H and O–H groups in total. The summed E-state index contributed by atoms with van der Waals surface area (Å²) in [6.45, 7) is 3.71. The fraction of sp³-hybridized carbons (Fsp3) is 0.273. The van der Waals surface area contributed by atoms with Crippen molar-refractivity contribution in [3.05, 3.63) is 35.3 Å². The Balaban J connectivity index is 2.14. The van der Waals surface area contributed by atoms with Crippen molar-refractivity contribution < 1.29 is 6.11 Å². The number of hydrogen-bond donors (Lipinski definition) is 0. The molecule has 0 unspecified atom stereocenters. The van der Waals surface area contributed by atoms with Gasteiger partial charge in [-0.15, -0.1) is 5.10 Å². The zero-order valence-electron chi connectivity index (χ0n) is 9.60. The molecule has 0 radical (unpaired) electrons. The van der Waals surface area contributed by atoms with E-state index in [0.717, 1.165) is 5.56 Å². The minimum absolute atomic E-state index is 0.526. The monoisotopic (exact) mass is 221 g/mol. The van der Waals surface area contributed by atoms with Crippen molar-refractivity contribution >= 4 is 11.3 Å². The number of aromatic nitrogens is 2. The lowest BCUT2D eigenvalue weighted by atomic mass is 10.0. The van der Waals surface area contributed by atoms with E-state index in [4.69, 9.17) is 6.11 Å².